The summed E-state index contributed by atoms with van der Waals surface area (Å²) in [5.41, 5.74) is 5.27. The summed E-state index contributed by atoms with van der Waals surface area (Å²) in [4.78, 5) is 21.3. The van der Waals surface area contributed by atoms with Crippen molar-refractivity contribution in [2.75, 3.05) is 6.54 Å². The number of rotatable bonds is 7. The molecule has 0 aromatic heterocycles. The molecule has 0 atom stereocenters. The van der Waals surface area contributed by atoms with Gasteiger partial charge in [0.15, 0.2) is 0 Å². The molecule has 1 aliphatic rings. The van der Waals surface area contributed by atoms with Gasteiger partial charge < -0.3 is 16.2 Å². The molecule has 1 amide bonds. The number of hydrogen-bond donors (Lipinski definition) is 3. The normalized spacial score (nSPS) is 24.5. The second kappa shape index (κ2) is 7.27. The number of aliphatic carboxylic acids is 1. The Balaban J connectivity index is 2.02. The van der Waals surface area contributed by atoms with E-state index in [1.807, 2.05) is 0 Å². The minimum Gasteiger partial charge on any atom is -0.481 e. The smallest absolute Gasteiger partial charge is 0.303 e. The van der Waals surface area contributed by atoms with E-state index in [-0.39, 0.29) is 18.2 Å². The molecule has 0 unspecified atom stereocenters. The van der Waals surface area contributed by atoms with Gasteiger partial charge in [0.1, 0.15) is 0 Å². The molecule has 1 aliphatic carbocycles. The van der Waals surface area contributed by atoms with Crippen molar-refractivity contribution in [3.63, 3.8) is 0 Å². The number of carbonyl (C=O) groups is 2. The Morgan fingerprint density at radius 3 is 2.35 bits per heavy atom. The first kappa shape index (κ1) is 14.0. The van der Waals surface area contributed by atoms with Gasteiger partial charge in [0.2, 0.25) is 5.91 Å². The lowest BCUT2D eigenvalue weighted by Gasteiger charge is -2.27. The zero-order chi connectivity index (χ0) is 12.7. The van der Waals surface area contributed by atoms with Crippen molar-refractivity contribution in [2.45, 2.75) is 51.0 Å². The van der Waals surface area contributed by atoms with Gasteiger partial charge in [-0.1, -0.05) is 0 Å². The van der Waals surface area contributed by atoms with E-state index in [2.05, 4.69) is 5.32 Å². The van der Waals surface area contributed by atoms with Crippen LogP contribution in [-0.4, -0.2) is 29.6 Å². The van der Waals surface area contributed by atoms with Gasteiger partial charge in [-0.15, -0.1) is 0 Å². The summed E-state index contributed by atoms with van der Waals surface area (Å²) in [5.74, 6) is -0.850. The minimum atomic E-state index is -0.730. The summed E-state index contributed by atoms with van der Waals surface area (Å²) in [6, 6.07) is 0.468. The maximum atomic E-state index is 11.0. The zero-order valence-corrected chi connectivity index (χ0v) is 10.2. The first-order valence-electron chi connectivity index (χ1n) is 6.34. The Bertz CT molecular complexity index is 260. The lowest BCUT2D eigenvalue weighted by molar-refractivity contribution is -0.137. The van der Waals surface area contributed by atoms with Gasteiger partial charge in [-0.25, -0.2) is 0 Å². The van der Waals surface area contributed by atoms with Gasteiger partial charge in [0.05, 0.1) is 0 Å². The predicted molar refractivity (Wildman–Crippen MR) is 64.4 cm³/mol. The van der Waals surface area contributed by atoms with E-state index in [1.54, 1.807) is 0 Å². The molecular weight excluding hydrogens is 220 g/mol. The van der Waals surface area contributed by atoms with Crippen molar-refractivity contribution < 1.29 is 14.7 Å². The highest BCUT2D eigenvalue weighted by molar-refractivity contribution is 5.76. The second-order valence-corrected chi connectivity index (χ2v) is 4.76. The first-order chi connectivity index (χ1) is 8.09. The first-order valence-corrected chi connectivity index (χ1v) is 6.34. The number of carbonyl (C=O) groups excluding carboxylic acids is 1. The minimum absolute atomic E-state index is 0.0556. The number of nitrogens with two attached hydrogens (primary N) is 1. The zero-order valence-electron chi connectivity index (χ0n) is 10.2. The largest absolute Gasteiger partial charge is 0.481 e. The maximum Gasteiger partial charge on any atom is 0.303 e. The van der Waals surface area contributed by atoms with Crippen molar-refractivity contribution in [1.29, 1.82) is 0 Å². The Morgan fingerprint density at radius 2 is 1.82 bits per heavy atom. The second-order valence-electron chi connectivity index (χ2n) is 4.76. The van der Waals surface area contributed by atoms with Crippen LogP contribution in [0.25, 0.3) is 0 Å². The van der Waals surface area contributed by atoms with E-state index in [0.29, 0.717) is 6.04 Å². The molecule has 1 fully saturated rings. The fourth-order valence-electron chi connectivity index (χ4n) is 2.29. The van der Waals surface area contributed by atoms with Crippen LogP contribution < -0.4 is 11.1 Å². The molecule has 0 spiro atoms. The third-order valence-electron chi connectivity index (χ3n) is 3.38. The summed E-state index contributed by atoms with van der Waals surface area (Å²) in [5, 5.41) is 11.9. The van der Waals surface area contributed by atoms with E-state index in [4.69, 9.17) is 10.8 Å². The number of amides is 1. The molecule has 0 radical (unpaired) electrons. The Hall–Kier alpha value is -1.10. The van der Waals surface area contributed by atoms with Crippen molar-refractivity contribution in [3.05, 3.63) is 0 Å². The van der Waals surface area contributed by atoms with Gasteiger partial charge in [-0.05, 0) is 45.1 Å². The van der Waals surface area contributed by atoms with Crippen LogP contribution in [0.5, 0.6) is 0 Å². The van der Waals surface area contributed by atoms with E-state index >= 15 is 0 Å². The molecule has 0 saturated heterocycles. The molecule has 0 aromatic carbocycles. The number of nitrogens with one attached hydrogen (secondary N) is 1. The summed E-state index contributed by atoms with van der Waals surface area (Å²) in [7, 11) is 0. The quantitative estimate of drug-likeness (QED) is 0.578. The number of carboxylic acids is 1. The van der Waals surface area contributed by atoms with Gasteiger partial charge in [0.25, 0.3) is 0 Å². The molecule has 5 nitrogen and oxygen atoms in total. The van der Waals surface area contributed by atoms with Gasteiger partial charge in [-0.3, -0.25) is 9.59 Å². The van der Waals surface area contributed by atoms with Gasteiger partial charge in [-0.2, -0.15) is 0 Å². The van der Waals surface area contributed by atoms with Crippen molar-refractivity contribution in [3.8, 4) is 0 Å². The lowest BCUT2D eigenvalue weighted by Crippen LogP contribution is -2.37. The number of primary amides is 1. The van der Waals surface area contributed by atoms with Crippen LogP contribution in [0.1, 0.15) is 44.9 Å². The monoisotopic (exact) mass is 242 g/mol. The third kappa shape index (κ3) is 5.68. The summed E-state index contributed by atoms with van der Waals surface area (Å²) in [6.07, 6.45) is 5.60. The molecule has 5 heteroatoms. The molecule has 0 aliphatic heterocycles. The molecule has 1 saturated carbocycles. The SMILES string of the molecule is NC(=O)C1CCC(NCCCCC(=O)O)CC1. The highest BCUT2D eigenvalue weighted by Crippen LogP contribution is 2.23. The van der Waals surface area contributed by atoms with E-state index in [1.165, 1.54) is 0 Å². The highest BCUT2D eigenvalue weighted by atomic mass is 16.4. The van der Waals surface area contributed by atoms with Crippen LogP contribution in [0.4, 0.5) is 0 Å². The average Bonchev–Trinajstić information content (AvgIpc) is 2.29. The average molecular weight is 242 g/mol. The number of hydrogen-bond acceptors (Lipinski definition) is 3. The van der Waals surface area contributed by atoms with Crippen LogP contribution in [0.15, 0.2) is 0 Å². The molecule has 0 heterocycles. The Labute approximate surface area is 102 Å². The van der Waals surface area contributed by atoms with E-state index in [0.717, 1.165) is 45.1 Å². The van der Waals surface area contributed by atoms with Crippen LogP contribution in [0.2, 0.25) is 0 Å². The summed E-state index contributed by atoms with van der Waals surface area (Å²) < 4.78 is 0. The van der Waals surface area contributed by atoms with Crippen LogP contribution in [0.3, 0.4) is 0 Å². The molecule has 98 valence electrons. The van der Waals surface area contributed by atoms with Crippen LogP contribution in [0, 0.1) is 5.92 Å². The number of unbranched alkanes of at least 4 members (excludes halogenated alkanes) is 1. The third-order valence-corrected chi connectivity index (χ3v) is 3.38. The summed E-state index contributed by atoms with van der Waals surface area (Å²) in [6.45, 7) is 0.860. The Kier molecular flexibility index (Phi) is 5.97. The van der Waals surface area contributed by atoms with Crippen LogP contribution in [-0.2, 0) is 9.59 Å². The number of carboxylic acid groups (broad SMARTS) is 1. The molecule has 0 aromatic rings. The fourth-order valence-corrected chi connectivity index (χ4v) is 2.29. The Morgan fingerprint density at radius 1 is 1.18 bits per heavy atom. The van der Waals surface area contributed by atoms with Gasteiger partial charge >= 0.3 is 5.97 Å². The van der Waals surface area contributed by atoms with Crippen molar-refractivity contribution in [1.82, 2.24) is 5.32 Å². The van der Waals surface area contributed by atoms with Gasteiger partial charge in [0, 0.05) is 18.4 Å². The molecule has 4 N–H and O–H groups in total. The van der Waals surface area contributed by atoms with E-state index < -0.39 is 5.97 Å². The highest BCUT2D eigenvalue weighted by Gasteiger charge is 2.23. The van der Waals surface area contributed by atoms with E-state index in [9.17, 15) is 9.59 Å². The summed E-state index contributed by atoms with van der Waals surface area (Å²) >= 11 is 0. The van der Waals surface area contributed by atoms with Crippen molar-refractivity contribution in [2.24, 2.45) is 11.7 Å². The maximum absolute atomic E-state index is 11.0. The molecule has 17 heavy (non-hydrogen) atoms. The predicted octanol–water partition coefficient (Wildman–Crippen LogP) is 0.875. The molecule has 1 rings (SSSR count). The topological polar surface area (TPSA) is 92.4 Å². The molecule has 0 bridgehead atoms. The van der Waals surface area contributed by atoms with Crippen molar-refractivity contribution >= 4 is 11.9 Å². The lowest BCUT2D eigenvalue weighted by atomic mass is 9.85. The van der Waals surface area contributed by atoms with Crippen LogP contribution >= 0.6 is 0 Å². The fraction of sp³-hybridized carbons (Fsp3) is 0.833. The molecular formula is C12H22N2O3. The standard InChI is InChI=1S/C12H22N2O3/c13-12(17)9-4-6-10(7-5-9)14-8-2-1-3-11(15)16/h9-10,14H,1-8H2,(H2,13,17)(H,15,16).